The van der Waals surface area contributed by atoms with E-state index in [1.54, 1.807) is 6.92 Å². The molecule has 24 heavy (non-hydrogen) atoms. The molecule has 0 aliphatic carbocycles. The number of nitro benzene ring substituents is 2. The fourth-order valence-corrected chi connectivity index (χ4v) is 2.38. The van der Waals surface area contributed by atoms with Crippen molar-refractivity contribution in [3.8, 4) is 5.75 Å². The average molecular weight is 338 g/mol. The predicted molar refractivity (Wildman–Crippen MR) is 88.2 cm³/mol. The van der Waals surface area contributed by atoms with Gasteiger partial charge in [-0.3, -0.25) is 25.0 Å². The van der Waals surface area contributed by atoms with Crippen LogP contribution in [-0.2, 0) is 4.79 Å². The molecule has 0 amide bonds. The molecule has 8 nitrogen and oxygen atoms in total. The van der Waals surface area contributed by atoms with Crippen LogP contribution in [0.4, 0.5) is 11.4 Å². The molecule has 0 saturated carbocycles. The summed E-state index contributed by atoms with van der Waals surface area (Å²) < 4.78 is 5.15. The quantitative estimate of drug-likeness (QED) is 0.215. The maximum atomic E-state index is 11.6. The first kappa shape index (κ1) is 19.5. The fraction of sp³-hybridized carbons (Fsp3) is 0.562. The fourth-order valence-electron chi connectivity index (χ4n) is 2.38. The van der Waals surface area contributed by atoms with E-state index in [2.05, 4.69) is 6.92 Å². The van der Waals surface area contributed by atoms with E-state index in [9.17, 15) is 25.0 Å². The summed E-state index contributed by atoms with van der Waals surface area (Å²) in [7, 11) is 0. The van der Waals surface area contributed by atoms with Crippen LogP contribution in [0, 0.1) is 20.2 Å². The number of carbonyl (C=O) groups is 1. The number of benzene rings is 1. The molecule has 0 spiro atoms. The highest BCUT2D eigenvalue weighted by molar-refractivity contribution is 5.75. The third-order valence-electron chi connectivity index (χ3n) is 3.77. The van der Waals surface area contributed by atoms with Crippen molar-refractivity contribution in [2.24, 2.45) is 0 Å². The Hall–Kier alpha value is -2.51. The number of hydrogen-bond acceptors (Lipinski definition) is 6. The molecule has 1 aromatic carbocycles. The minimum absolute atomic E-state index is 0.0534. The molecule has 0 aliphatic heterocycles. The number of non-ortho nitro benzene ring substituents is 1. The summed E-state index contributed by atoms with van der Waals surface area (Å²) in [5.74, 6) is -0.995. The molecule has 0 aromatic heterocycles. The number of carbonyl (C=O) groups excluding carboxylic acids is 1. The van der Waals surface area contributed by atoms with E-state index in [0.717, 1.165) is 25.3 Å². The molecule has 0 N–H and O–H groups in total. The highest BCUT2D eigenvalue weighted by atomic mass is 16.6. The largest absolute Gasteiger partial charge is 0.419 e. The second-order valence-corrected chi connectivity index (χ2v) is 5.62. The molecular weight excluding hydrogens is 316 g/mol. The maximum absolute atomic E-state index is 11.6. The lowest BCUT2D eigenvalue weighted by atomic mass is 9.93. The number of nitrogens with zero attached hydrogens (tertiary/aromatic N) is 2. The van der Waals surface area contributed by atoms with Crippen molar-refractivity contribution in [2.75, 3.05) is 0 Å². The summed E-state index contributed by atoms with van der Waals surface area (Å²) >= 11 is 0. The Kier molecular flexibility index (Phi) is 7.29. The zero-order chi connectivity index (χ0) is 18.3. The van der Waals surface area contributed by atoms with Crippen LogP contribution in [0.2, 0.25) is 0 Å². The molecule has 0 saturated heterocycles. The number of rotatable bonds is 9. The molecule has 1 unspecified atom stereocenters. The van der Waals surface area contributed by atoms with E-state index in [1.165, 1.54) is 6.07 Å². The van der Waals surface area contributed by atoms with Crippen LogP contribution in [-0.4, -0.2) is 15.8 Å². The Bertz CT molecular complexity index is 629. The van der Waals surface area contributed by atoms with Gasteiger partial charge in [0, 0.05) is 18.1 Å². The van der Waals surface area contributed by atoms with Crippen LogP contribution in [0.3, 0.4) is 0 Å². The molecule has 1 rings (SSSR count). The summed E-state index contributed by atoms with van der Waals surface area (Å²) in [4.78, 5) is 32.6. The molecule has 0 radical (unpaired) electrons. The molecule has 0 heterocycles. The van der Waals surface area contributed by atoms with Gasteiger partial charge >= 0.3 is 11.7 Å². The summed E-state index contributed by atoms with van der Waals surface area (Å²) in [5.41, 5.74) is -0.604. The maximum Gasteiger partial charge on any atom is 0.318 e. The van der Waals surface area contributed by atoms with Crippen molar-refractivity contribution in [2.45, 2.75) is 58.8 Å². The summed E-state index contributed by atoms with van der Waals surface area (Å²) in [6.45, 7) is 5.45. The van der Waals surface area contributed by atoms with Gasteiger partial charge in [0.25, 0.3) is 5.69 Å². The first-order valence-corrected chi connectivity index (χ1v) is 7.99. The molecule has 1 aromatic rings. The van der Waals surface area contributed by atoms with E-state index >= 15 is 0 Å². The van der Waals surface area contributed by atoms with Crippen LogP contribution in [0.25, 0.3) is 0 Å². The zero-order valence-corrected chi connectivity index (χ0v) is 14.1. The first-order chi connectivity index (χ1) is 11.3. The van der Waals surface area contributed by atoms with E-state index in [4.69, 9.17) is 4.74 Å². The van der Waals surface area contributed by atoms with E-state index < -0.39 is 21.5 Å². The van der Waals surface area contributed by atoms with E-state index in [0.29, 0.717) is 12.0 Å². The number of esters is 1. The van der Waals surface area contributed by atoms with Gasteiger partial charge in [0.2, 0.25) is 5.75 Å². The van der Waals surface area contributed by atoms with Crippen molar-refractivity contribution >= 4 is 17.3 Å². The molecule has 0 aliphatic rings. The first-order valence-electron chi connectivity index (χ1n) is 7.99. The lowest BCUT2D eigenvalue weighted by Crippen LogP contribution is -2.11. The van der Waals surface area contributed by atoms with Crippen molar-refractivity contribution in [1.29, 1.82) is 0 Å². The minimum Gasteiger partial charge on any atom is -0.419 e. The smallest absolute Gasteiger partial charge is 0.318 e. The lowest BCUT2D eigenvalue weighted by Gasteiger charge is -2.16. The van der Waals surface area contributed by atoms with Gasteiger partial charge < -0.3 is 4.74 Å². The van der Waals surface area contributed by atoms with Crippen LogP contribution in [0.15, 0.2) is 12.1 Å². The summed E-state index contributed by atoms with van der Waals surface area (Å²) in [5, 5.41) is 22.4. The van der Waals surface area contributed by atoms with Crippen LogP contribution >= 0.6 is 0 Å². The van der Waals surface area contributed by atoms with Crippen LogP contribution in [0.1, 0.15) is 64.4 Å². The molecule has 1 atom stereocenters. The average Bonchev–Trinajstić information content (AvgIpc) is 2.54. The predicted octanol–water partition coefficient (Wildman–Crippen LogP) is 4.50. The third kappa shape index (κ3) is 5.00. The zero-order valence-electron chi connectivity index (χ0n) is 14.1. The standard InChI is InChI=1S/C16H22N2O6/c1-4-6-7-8-11(3)13-9-12(17(20)21)10-14(18(22)23)16(13)24-15(19)5-2/h9-11H,4-8H2,1-3H3. The third-order valence-corrected chi connectivity index (χ3v) is 3.77. The monoisotopic (exact) mass is 338 g/mol. The summed E-state index contributed by atoms with van der Waals surface area (Å²) in [6.07, 6.45) is 3.64. The van der Waals surface area contributed by atoms with Gasteiger partial charge in [-0.1, -0.05) is 40.0 Å². The second-order valence-electron chi connectivity index (χ2n) is 5.62. The van der Waals surface area contributed by atoms with Gasteiger partial charge in [0.1, 0.15) is 0 Å². The van der Waals surface area contributed by atoms with Crippen molar-refractivity contribution in [3.05, 3.63) is 37.9 Å². The van der Waals surface area contributed by atoms with Gasteiger partial charge in [-0.2, -0.15) is 0 Å². The molecule has 0 fully saturated rings. The topological polar surface area (TPSA) is 113 Å². The Morgan fingerprint density at radius 2 is 1.83 bits per heavy atom. The van der Waals surface area contributed by atoms with Crippen molar-refractivity contribution in [1.82, 2.24) is 0 Å². The Morgan fingerprint density at radius 3 is 2.33 bits per heavy atom. The Balaban J connectivity index is 3.40. The number of ether oxygens (including phenoxy) is 1. The highest BCUT2D eigenvalue weighted by Crippen LogP contribution is 2.41. The van der Waals surface area contributed by atoms with Crippen LogP contribution in [0.5, 0.6) is 5.75 Å². The molecule has 8 heteroatoms. The lowest BCUT2D eigenvalue weighted by molar-refractivity contribution is -0.394. The van der Waals surface area contributed by atoms with Gasteiger partial charge in [0.15, 0.2) is 0 Å². The Labute approximate surface area is 140 Å². The van der Waals surface area contributed by atoms with E-state index in [1.807, 2.05) is 6.92 Å². The van der Waals surface area contributed by atoms with Crippen molar-refractivity contribution < 1.29 is 19.4 Å². The summed E-state index contributed by atoms with van der Waals surface area (Å²) in [6, 6.07) is 2.10. The van der Waals surface area contributed by atoms with Gasteiger partial charge in [0.05, 0.1) is 15.9 Å². The van der Waals surface area contributed by atoms with E-state index in [-0.39, 0.29) is 23.8 Å². The van der Waals surface area contributed by atoms with Crippen LogP contribution < -0.4 is 4.74 Å². The van der Waals surface area contributed by atoms with Gasteiger partial charge in [-0.15, -0.1) is 0 Å². The SMILES string of the molecule is CCCCCC(C)c1cc([N+](=O)[O-])cc([N+](=O)[O-])c1OC(=O)CC. The van der Waals surface area contributed by atoms with Crippen molar-refractivity contribution in [3.63, 3.8) is 0 Å². The Morgan fingerprint density at radius 1 is 1.17 bits per heavy atom. The second kappa shape index (κ2) is 8.95. The number of unbranched alkanes of at least 4 members (excludes halogenated alkanes) is 2. The normalized spacial score (nSPS) is 11.8. The molecule has 132 valence electrons. The van der Waals surface area contributed by atoms with Gasteiger partial charge in [-0.25, -0.2) is 0 Å². The molecule has 0 bridgehead atoms. The number of hydrogen-bond donors (Lipinski definition) is 0. The van der Waals surface area contributed by atoms with Gasteiger partial charge in [-0.05, 0) is 12.3 Å². The number of nitro groups is 2. The molecular formula is C16H22N2O6. The minimum atomic E-state index is -0.756. The highest BCUT2D eigenvalue weighted by Gasteiger charge is 2.29.